The largest absolute Gasteiger partial charge is 0.490 e. The zero-order valence-electron chi connectivity index (χ0n) is 90.1. The zero-order chi connectivity index (χ0) is 95.8. The highest BCUT2D eigenvalue weighted by atomic mass is 16.5. The third kappa shape index (κ3) is 58.5. The summed E-state index contributed by atoms with van der Waals surface area (Å²) >= 11 is 0. The summed E-state index contributed by atoms with van der Waals surface area (Å²) in [6.45, 7) is 17.6. The van der Waals surface area contributed by atoms with Crippen LogP contribution in [0.4, 0.5) is 0 Å². The van der Waals surface area contributed by atoms with Crippen LogP contribution in [0.1, 0.15) is 609 Å². The van der Waals surface area contributed by atoms with E-state index in [1.165, 1.54) is 462 Å². The van der Waals surface area contributed by atoms with E-state index in [-0.39, 0.29) is 0 Å². The van der Waals surface area contributed by atoms with Crippen molar-refractivity contribution in [3.8, 4) is 34.5 Å². The van der Waals surface area contributed by atoms with Crippen LogP contribution in [-0.2, 0) is 0 Å². The molecule has 2 N–H and O–H groups in total. The molecule has 2 aromatic heterocycles. The van der Waals surface area contributed by atoms with Crippen LogP contribution in [-0.4, -0.2) is 61.5 Å². The third-order valence-corrected chi connectivity index (χ3v) is 28.9. The fraction of sp³-hybridized carbons (Fsp3) is 0.762. The first-order chi connectivity index (χ1) is 67.5. The van der Waals surface area contributed by atoms with Crippen LogP contribution in [0.25, 0.3) is 11.1 Å². The van der Waals surface area contributed by atoms with Crippen molar-refractivity contribution < 1.29 is 28.4 Å². The van der Waals surface area contributed by atoms with Crippen molar-refractivity contribution in [2.45, 2.75) is 581 Å². The lowest BCUT2D eigenvalue weighted by atomic mass is 9.99. The molecule has 2 aliphatic rings. The molecule has 0 saturated heterocycles. The van der Waals surface area contributed by atoms with E-state index in [1.54, 1.807) is 0 Å². The van der Waals surface area contributed by atoms with Crippen molar-refractivity contribution in [2.24, 2.45) is 9.98 Å². The topological polar surface area (TPSA) is 112 Å². The molecular formula is C126H214N4O6. The Bertz CT molecular complexity index is 3470. The summed E-state index contributed by atoms with van der Waals surface area (Å²) in [6.07, 6.45) is 123. The lowest BCUT2D eigenvalue weighted by Crippen LogP contribution is -2.07. The fourth-order valence-electron chi connectivity index (χ4n) is 20.2. The highest BCUT2D eigenvalue weighted by Gasteiger charge is 2.26. The van der Waals surface area contributed by atoms with Gasteiger partial charge in [0.25, 0.3) is 0 Å². The first kappa shape index (κ1) is 119. The van der Waals surface area contributed by atoms with E-state index in [2.05, 4.69) is 124 Å². The minimum atomic E-state index is 0.622. The molecule has 10 nitrogen and oxygen atoms in total. The monoisotopic (exact) mass is 1880 g/mol. The second-order valence-corrected chi connectivity index (χ2v) is 41.6. The third-order valence-electron chi connectivity index (χ3n) is 28.9. The molecule has 0 spiro atoms. The fourth-order valence-corrected chi connectivity index (χ4v) is 20.2. The molecule has 0 saturated carbocycles. The number of H-pyrrole nitrogens is 2. The molecular weight excluding hydrogens is 1670 g/mol. The number of unbranched alkanes of at least 4 members (excludes halogenated alkanes) is 78. The normalized spacial score (nSPS) is 13.2. The molecule has 774 valence electrons. The standard InChI is InChI=1S/C126H214N4O6/c1-7-13-19-25-31-37-43-49-55-61-67-73-79-85-101-131-119-107-111(108-120(132-102-86-80-74-68-62-56-50-44-38-32-26-20-14-8-2)125(119)135-105-89-83-77-71-65-59-53-47-41-35-29-23-17-11-5)123(115-93-91-99-127-115)117-97-95-113(129-117)114-96-98-118(130-114)124(116-94-92-100-128-116)112-109-121(133-103-87-81-75-69-63-57-51-45-39-33-27-21-15-9-3)126(136-106-90-84-78-72-66-60-54-48-42-36-30-24-18-12-6)122(110-112)134-104-88-82-76-70-64-58-52-46-40-34-28-22-16-10-4/h91-100,107-110,127,130H,7-90,101-106H2,1-6H3/b123-117+,124-116-. The van der Waals surface area contributed by atoms with Crippen molar-refractivity contribution in [1.82, 2.24) is 9.97 Å². The Balaban J connectivity index is 1.29. The van der Waals surface area contributed by atoms with Gasteiger partial charge in [0.1, 0.15) is 0 Å². The minimum Gasteiger partial charge on any atom is -0.490 e. The molecule has 2 aliphatic heterocycles. The maximum absolute atomic E-state index is 7.11. The molecule has 0 amide bonds. The van der Waals surface area contributed by atoms with E-state index in [0.29, 0.717) is 39.6 Å². The molecule has 0 fully saturated rings. The number of aromatic amines is 2. The lowest BCUT2D eigenvalue weighted by molar-refractivity contribution is 0.234. The van der Waals surface area contributed by atoms with Gasteiger partial charge >= 0.3 is 0 Å². The van der Waals surface area contributed by atoms with Gasteiger partial charge in [-0.2, -0.15) is 0 Å². The first-order valence-corrected chi connectivity index (χ1v) is 60.0. The average Bonchev–Trinajstić information content (AvgIpc) is 1.11. The summed E-state index contributed by atoms with van der Waals surface area (Å²) in [4.78, 5) is 18.3. The first-order valence-electron chi connectivity index (χ1n) is 60.0. The summed E-state index contributed by atoms with van der Waals surface area (Å²) in [5, 5.41) is 0. The lowest BCUT2D eigenvalue weighted by Gasteiger charge is -2.20. The van der Waals surface area contributed by atoms with Crippen molar-refractivity contribution in [2.75, 3.05) is 39.6 Å². The van der Waals surface area contributed by atoms with Crippen molar-refractivity contribution in [1.29, 1.82) is 0 Å². The number of hydrogen-bond acceptors (Lipinski definition) is 8. The van der Waals surface area contributed by atoms with E-state index in [4.69, 9.17) is 38.4 Å². The summed E-state index contributed by atoms with van der Waals surface area (Å²) < 4.78 is 42.6. The summed E-state index contributed by atoms with van der Waals surface area (Å²) in [7, 11) is 0. The number of aliphatic imine (C=N–C) groups is 2. The van der Waals surface area contributed by atoms with Gasteiger partial charge in [-0.05, 0) is 122 Å². The molecule has 2 aromatic carbocycles. The molecule has 4 heterocycles. The summed E-state index contributed by atoms with van der Waals surface area (Å²) in [5.41, 5.74) is 9.42. The van der Waals surface area contributed by atoms with Crippen LogP contribution in [0, 0.1) is 0 Å². The minimum absolute atomic E-state index is 0.622. The van der Waals surface area contributed by atoms with Crippen LogP contribution in [0.5, 0.6) is 34.5 Å². The van der Waals surface area contributed by atoms with Crippen LogP contribution in [0.2, 0.25) is 0 Å². The number of benzene rings is 2. The second-order valence-electron chi connectivity index (χ2n) is 41.6. The molecule has 10 heteroatoms. The molecule has 0 bridgehead atoms. The molecule has 0 radical (unpaired) electrons. The van der Waals surface area contributed by atoms with E-state index < -0.39 is 0 Å². The van der Waals surface area contributed by atoms with Crippen LogP contribution in [0.3, 0.4) is 0 Å². The Kier molecular flexibility index (Phi) is 75.9. The van der Waals surface area contributed by atoms with Gasteiger partial charge in [0, 0.05) is 34.9 Å². The van der Waals surface area contributed by atoms with E-state index in [9.17, 15) is 0 Å². The predicted octanol–water partition coefficient (Wildman–Crippen LogP) is 41.7. The van der Waals surface area contributed by atoms with Crippen LogP contribution in [0.15, 0.2) is 100 Å². The Hall–Kier alpha value is -5.90. The van der Waals surface area contributed by atoms with Gasteiger partial charge in [-0.25, -0.2) is 4.99 Å². The van der Waals surface area contributed by atoms with E-state index in [1.807, 2.05) is 12.4 Å². The van der Waals surface area contributed by atoms with Gasteiger partial charge in [-0.15, -0.1) is 0 Å². The number of ether oxygens (including phenoxy) is 6. The maximum atomic E-state index is 7.11. The molecule has 0 aliphatic carbocycles. The van der Waals surface area contributed by atoms with E-state index >= 15 is 0 Å². The molecule has 0 unspecified atom stereocenters. The number of allylic oxidation sites excluding steroid dienone is 4. The highest BCUT2D eigenvalue weighted by molar-refractivity contribution is 6.11. The average molecular weight is 1880 g/mol. The summed E-state index contributed by atoms with van der Waals surface area (Å²) in [5.74, 6) is 4.54. The maximum Gasteiger partial charge on any atom is 0.203 e. The zero-order valence-corrected chi connectivity index (χ0v) is 90.1. The van der Waals surface area contributed by atoms with Gasteiger partial charge in [0.15, 0.2) is 23.0 Å². The van der Waals surface area contributed by atoms with Gasteiger partial charge in [0.05, 0.1) is 62.4 Å². The molecule has 4 aromatic rings. The molecule has 0 atom stereocenters. The van der Waals surface area contributed by atoms with Gasteiger partial charge in [0.2, 0.25) is 11.5 Å². The Morgan fingerprint density at radius 1 is 0.235 bits per heavy atom. The van der Waals surface area contributed by atoms with Gasteiger partial charge in [-0.3, -0.25) is 4.99 Å². The Morgan fingerprint density at radius 3 is 0.699 bits per heavy atom. The smallest absolute Gasteiger partial charge is 0.203 e. The predicted molar refractivity (Wildman–Crippen MR) is 595 cm³/mol. The number of hydrogen-bond donors (Lipinski definition) is 2. The van der Waals surface area contributed by atoms with Crippen molar-refractivity contribution >= 4 is 23.1 Å². The number of aromatic nitrogens is 2. The summed E-state index contributed by atoms with van der Waals surface area (Å²) in [6, 6.07) is 17.6. The van der Waals surface area contributed by atoms with Gasteiger partial charge in [-0.1, -0.05) is 542 Å². The van der Waals surface area contributed by atoms with Crippen LogP contribution >= 0.6 is 0 Å². The van der Waals surface area contributed by atoms with E-state index in [0.717, 1.165) is 168 Å². The number of nitrogens with one attached hydrogen (secondary N) is 2. The quantitative estimate of drug-likeness (QED) is 0.0426. The SMILES string of the molecule is CCCCCCCCCCCCCCCCOc1cc(/C(=C2\C=CC=N2)c2ccc(C3=N/C(=C(\c4cc(OCCCCCCCCCCCCCCCC)c(OCCCCCCCCCCCCCCCC)c(OCCCCCCCCCCCCCCCC)c4)c4ccc[nH]4)C=C3)[nH]2)cc(OCCCCCCCCCCCCCCCC)c1OCCCCCCCCCCCCCCCC. The second kappa shape index (κ2) is 86.9. The Morgan fingerprint density at radius 2 is 0.471 bits per heavy atom. The van der Waals surface area contributed by atoms with Crippen LogP contribution < -0.4 is 28.4 Å². The number of rotatable bonds is 101. The Labute approximate surface area is 839 Å². The van der Waals surface area contributed by atoms with Crippen molar-refractivity contribution in [3.63, 3.8) is 0 Å². The van der Waals surface area contributed by atoms with Crippen molar-refractivity contribution in [3.05, 3.63) is 119 Å². The van der Waals surface area contributed by atoms with Gasteiger partial charge < -0.3 is 38.4 Å². The molecule has 6 rings (SSSR count). The molecule has 136 heavy (non-hydrogen) atoms. The number of nitrogens with zero attached hydrogens (tertiary/aromatic N) is 2. The highest BCUT2D eigenvalue weighted by Crippen LogP contribution is 2.46.